The molecule has 0 bridgehead atoms. The van der Waals surface area contributed by atoms with Crippen molar-refractivity contribution < 1.29 is 38.0 Å². The fraction of sp³-hybridized carbons (Fsp3) is 0.562. The number of nitro benzene ring substituents is 1. The lowest BCUT2D eigenvalue weighted by Gasteiger charge is -2.56. The summed E-state index contributed by atoms with van der Waals surface area (Å²) in [6.45, 7) is 17.4. The van der Waals surface area contributed by atoms with Crippen LogP contribution >= 0.6 is 0 Å². The average molecular weight is 644 g/mol. The molecule has 1 aromatic carbocycles. The van der Waals surface area contributed by atoms with E-state index >= 15 is 0 Å². The summed E-state index contributed by atoms with van der Waals surface area (Å²) < 4.78 is 17.2. The van der Waals surface area contributed by atoms with Crippen LogP contribution in [0.1, 0.15) is 72.7 Å². The minimum absolute atomic E-state index is 0.0578. The maximum Gasteiger partial charge on any atom is 0.407 e. The first-order chi connectivity index (χ1) is 21.0. The summed E-state index contributed by atoms with van der Waals surface area (Å²) in [7, 11) is -2.08. The Morgan fingerprint density at radius 3 is 2.20 bits per heavy atom. The molecule has 0 unspecified atom stereocenters. The van der Waals surface area contributed by atoms with Gasteiger partial charge in [-0.3, -0.25) is 14.9 Å². The third kappa shape index (κ3) is 7.19. The smallest absolute Gasteiger partial charge is 0.407 e. The molecule has 2 heterocycles. The van der Waals surface area contributed by atoms with E-state index in [0.717, 1.165) is 30.3 Å². The summed E-state index contributed by atoms with van der Waals surface area (Å²) in [4.78, 5) is 64.3. The lowest BCUT2D eigenvalue weighted by Crippen LogP contribution is -2.72. The maximum atomic E-state index is 13.9. The number of alkyl carbamates (subject to hydrolysis) is 1. The molecule has 0 saturated carbocycles. The SMILES string of the molecule is CC[Si](CC)(CC)O[C@H](C)[C@@]1(C)C(=O)N2C(C(=O)OC(=O)c3ccc([N+](=O)[O-])cc3)=C(/C=C/CNC(=O)OC(C)(C)C)[C@H](C)[C@@H]21. The van der Waals surface area contributed by atoms with E-state index in [0.29, 0.717) is 5.57 Å². The Labute approximate surface area is 265 Å². The third-order valence-electron chi connectivity index (χ3n) is 9.01. The molecular weight excluding hydrogens is 598 g/mol. The quantitative estimate of drug-likeness (QED) is 0.0733. The number of hydrogen-bond acceptors (Lipinski definition) is 9. The topological polar surface area (TPSA) is 154 Å². The van der Waals surface area contributed by atoms with Crippen LogP contribution in [0.3, 0.4) is 0 Å². The molecule has 0 aromatic heterocycles. The molecule has 1 aromatic rings. The molecule has 246 valence electrons. The van der Waals surface area contributed by atoms with Gasteiger partial charge in [0.15, 0.2) is 8.32 Å². The first-order valence-electron chi connectivity index (χ1n) is 15.4. The van der Waals surface area contributed by atoms with Crippen LogP contribution in [0.5, 0.6) is 0 Å². The van der Waals surface area contributed by atoms with Crippen molar-refractivity contribution in [3.63, 3.8) is 0 Å². The van der Waals surface area contributed by atoms with Gasteiger partial charge in [-0.1, -0.05) is 39.8 Å². The zero-order valence-corrected chi connectivity index (χ0v) is 28.6. The number of carbonyl (C=O) groups is 4. The number of allylic oxidation sites excluding steroid dienone is 1. The zero-order chi connectivity index (χ0) is 33.9. The molecule has 3 rings (SSSR count). The van der Waals surface area contributed by atoms with E-state index in [4.69, 9.17) is 13.9 Å². The molecule has 0 radical (unpaired) electrons. The van der Waals surface area contributed by atoms with Crippen LogP contribution in [0.2, 0.25) is 18.1 Å². The van der Waals surface area contributed by atoms with Crippen molar-refractivity contribution in [1.82, 2.24) is 10.2 Å². The summed E-state index contributed by atoms with van der Waals surface area (Å²) in [6, 6.07) is 6.97. The minimum atomic E-state index is -2.08. The Bertz CT molecular complexity index is 1390. The number of nitrogens with zero attached hydrogens (tertiary/aromatic N) is 2. The van der Waals surface area contributed by atoms with Crippen molar-refractivity contribution in [2.75, 3.05) is 6.54 Å². The predicted molar refractivity (Wildman–Crippen MR) is 170 cm³/mol. The number of nitro groups is 1. The van der Waals surface area contributed by atoms with Gasteiger partial charge in [-0.25, -0.2) is 14.4 Å². The lowest BCUT2D eigenvalue weighted by atomic mass is 9.65. The van der Waals surface area contributed by atoms with Gasteiger partial charge in [0.2, 0.25) is 5.91 Å². The summed E-state index contributed by atoms with van der Waals surface area (Å²) in [6.07, 6.45) is 2.26. The molecule has 13 heteroatoms. The highest BCUT2D eigenvalue weighted by Crippen LogP contribution is 2.55. The van der Waals surface area contributed by atoms with Gasteiger partial charge >= 0.3 is 18.0 Å². The van der Waals surface area contributed by atoms with Crippen LogP contribution < -0.4 is 5.32 Å². The lowest BCUT2D eigenvalue weighted by molar-refractivity contribution is -0.384. The number of β-lactam (4-membered cyclic amide) rings is 1. The monoisotopic (exact) mass is 643 g/mol. The van der Waals surface area contributed by atoms with Crippen molar-refractivity contribution >= 4 is 37.9 Å². The van der Waals surface area contributed by atoms with Crippen molar-refractivity contribution in [2.24, 2.45) is 11.3 Å². The van der Waals surface area contributed by atoms with Crippen LogP contribution in [0.25, 0.3) is 0 Å². The second-order valence-corrected chi connectivity index (χ2v) is 17.5. The van der Waals surface area contributed by atoms with Gasteiger partial charge in [-0.05, 0) is 70.5 Å². The molecule has 1 N–H and O–H groups in total. The summed E-state index contributed by atoms with van der Waals surface area (Å²) in [5.41, 5.74) is -1.47. The van der Waals surface area contributed by atoms with E-state index in [1.807, 2.05) is 20.8 Å². The predicted octanol–water partition coefficient (Wildman–Crippen LogP) is 5.89. The van der Waals surface area contributed by atoms with E-state index in [-0.39, 0.29) is 35.3 Å². The van der Waals surface area contributed by atoms with Gasteiger partial charge in [0, 0.05) is 24.6 Å². The van der Waals surface area contributed by atoms with E-state index in [1.165, 1.54) is 17.0 Å². The zero-order valence-electron chi connectivity index (χ0n) is 27.6. The van der Waals surface area contributed by atoms with Crippen molar-refractivity contribution in [3.05, 3.63) is 63.4 Å². The van der Waals surface area contributed by atoms with E-state index < -0.39 is 54.4 Å². The van der Waals surface area contributed by atoms with Gasteiger partial charge in [-0.2, -0.15) is 0 Å². The van der Waals surface area contributed by atoms with Crippen LogP contribution in [0.4, 0.5) is 10.5 Å². The number of ether oxygens (including phenoxy) is 2. The highest BCUT2D eigenvalue weighted by molar-refractivity contribution is 6.73. The van der Waals surface area contributed by atoms with Crippen LogP contribution in [-0.2, 0) is 23.5 Å². The number of fused-ring (bicyclic) bond motifs is 1. The number of carbonyl (C=O) groups excluding carboxylic acids is 4. The van der Waals surface area contributed by atoms with E-state index in [1.54, 1.807) is 32.9 Å². The Kier molecular flexibility index (Phi) is 10.8. The van der Waals surface area contributed by atoms with Crippen molar-refractivity contribution in [1.29, 1.82) is 0 Å². The highest BCUT2D eigenvalue weighted by Gasteiger charge is 2.68. The first-order valence-corrected chi connectivity index (χ1v) is 17.9. The number of non-ortho nitro benzene ring substituents is 1. The second kappa shape index (κ2) is 13.7. The van der Waals surface area contributed by atoms with Crippen LogP contribution in [0, 0.1) is 21.4 Å². The largest absolute Gasteiger partial charge is 0.444 e. The molecule has 1 saturated heterocycles. The normalized spacial score (nSPS) is 22.2. The molecular formula is C32H45N3O9Si. The van der Waals surface area contributed by atoms with E-state index in [2.05, 4.69) is 26.1 Å². The van der Waals surface area contributed by atoms with Gasteiger partial charge < -0.3 is 24.1 Å². The molecule has 4 atom stereocenters. The average Bonchev–Trinajstić information content (AvgIpc) is 3.26. The molecule has 2 aliphatic heterocycles. The summed E-state index contributed by atoms with van der Waals surface area (Å²) in [5.74, 6) is -2.67. The standard InChI is InChI=1S/C32H45N3O9Si/c1-10-45(11-2,12-3)44-21(5)32(9)26-20(4)24(14-13-19-33-30(39)43-31(6,7)8)25(34(26)29(32)38)28(37)42-27(36)22-15-17-23(18-16-22)35(40)41/h13-18,20-21,26H,10-12,19H2,1-9H3,(H,33,39)/b14-13+/t20-,21+,26+,32+/m0/s1. The molecule has 45 heavy (non-hydrogen) atoms. The number of hydrogen-bond donors (Lipinski definition) is 1. The highest BCUT2D eigenvalue weighted by atomic mass is 28.4. The van der Waals surface area contributed by atoms with Gasteiger partial charge in [0.1, 0.15) is 11.3 Å². The van der Waals surface area contributed by atoms with Gasteiger partial charge in [0.25, 0.3) is 5.69 Å². The van der Waals surface area contributed by atoms with Gasteiger partial charge in [-0.15, -0.1) is 0 Å². The number of esters is 2. The Hall–Kier alpha value is -3.84. The van der Waals surface area contributed by atoms with Crippen molar-refractivity contribution in [3.8, 4) is 0 Å². The van der Waals surface area contributed by atoms with Crippen molar-refractivity contribution in [2.45, 2.75) is 98.2 Å². The molecule has 2 amide bonds. The number of rotatable bonds is 12. The minimum Gasteiger partial charge on any atom is -0.444 e. The fourth-order valence-electron chi connectivity index (χ4n) is 6.13. The number of amides is 2. The Morgan fingerprint density at radius 1 is 1.11 bits per heavy atom. The Balaban J connectivity index is 1.92. The third-order valence-corrected chi connectivity index (χ3v) is 13.7. The molecule has 12 nitrogen and oxygen atoms in total. The Morgan fingerprint density at radius 2 is 1.69 bits per heavy atom. The van der Waals surface area contributed by atoms with Crippen LogP contribution in [-0.4, -0.2) is 66.4 Å². The van der Waals surface area contributed by atoms with Gasteiger partial charge in [0.05, 0.1) is 28.0 Å². The summed E-state index contributed by atoms with van der Waals surface area (Å²) in [5, 5.41) is 13.6. The van der Waals surface area contributed by atoms with Crippen LogP contribution in [0.15, 0.2) is 47.7 Å². The molecule has 1 fully saturated rings. The number of benzene rings is 1. The molecule has 0 aliphatic carbocycles. The fourth-order valence-corrected chi connectivity index (χ4v) is 9.13. The first kappa shape index (κ1) is 35.6. The second-order valence-electron chi connectivity index (χ2n) is 12.8. The molecule has 2 aliphatic rings. The number of nitrogens with one attached hydrogen (secondary N) is 1. The maximum absolute atomic E-state index is 13.9. The van der Waals surface area contributed by atoms with E-state index in [9.17, 15) is 29.3 Å². The molecule has 0 spiro atoms. The summed E-state index contributed by atoms with van der Waals surface area (Å²) >= 11 is 0.